The van der Waals surface area contributed by atoms with E-state index >= 15 is 0 Å². The van der Waals surface area contributed by atoms with Crippen LogP contribution in [-0.2, 0) is 14.3 Å². The maximum absolute atomic E-state index is 14.9. The van der Waals surface area contributed by atoms with Crippen molar-refractivity contribution in [1.82, 2.24) is 0 Å². The fourth-order valence-corrected chi connectivity index (χ4v) is 3.69. The molecule has 2 unspecified atom stereocenters. The van der Waals surface area contributed by atoms with Gasteiger partial charge in [0.15, 0.2) is 5.82 Å². The second-order valence-corrected chi connectivity index (χ2v) is 9.95. The predicted octanol–water partition coefficient (Wildman–Crippen LogP) is 5.91. The van der Waals surface area contributed by atoms with E-state index in [9.17, 15) is 36.3 Å². The first-order valence-electron chi connectivity index (χ1n) is 10.4. The van der Waals surface area contributed by atoms with Crippen molar-refractivity contribution in [1.29, 1.82) is 0 Å². The molecule has 200 valence electrons. The van der Waals surface area contributed by atoms with E-state index in [0.717, 1.165) is 13.0 Å². The first-order chi connectivity index (χ1) is 17.1. The van der Waals surface area contributed by atoms with Gasteiger partial charge in [-0.25, -0.2) is 8.78 Å². The lowest BCUT2D eigenvalue weighted by molar-refractivity contribution is -0.184. The summed E-state index contributed by atoms with van der Waals surface area (Å²) >= 11 is 17.8. The molecule has 3 N–H and O–H groups in total. The van der Waals surface area contributed by atoms with E-state index in [1.54, 1.807) is 5.32 Å². The highest BCUT2D eigenvalue weighted by Crippen LogP contribution is 2.53. The van der Waals surface area contributed by atoms with Crippen molar-refractivity contribution in [2.45, 2.75) is 30.0 Å². The van der Waals surface area contributed by atoms with Gasteiger partial charge < -0.3 is 20.7 Å². The molecule has 3 amide bonds. The van der Waals surface area contributed by atoms with E-state index in [4.69, 9.17) is 34.8 Å². The smallest absolute Gasteiger partial charge is 0.359 e. The molecule has 1 saturated carbocycles. The van der Waals surface area contributed by atoms with Crippen LogP contribution in [0.25, 0.3) is 0 Å². The van der Waals surface area contributed by atoms with Crippen molar-refractivity contribution < 1.29 is 41.1 Å². The Labute approximate surface area is 221 Å². The highest BCUT2D eigenvalue weighted by molar-refractivity contribution is 6.52. The predicted molar refractivity (Wildman–Crippen MR) is 127 cm³/mol. The molecule has 2 aromatic rings. The van der Waals surface area contributed by atoms with Crippen LogP contribution < -0.4 is 16.0 Å². The molecule has 15 heteroatoms. The summed E-state index contributed by atoms with van der Waals surface area (Å²) in [7, 11) is 0. The van der Waals surface area contributed by atoms with Gasteiger partial charge >= 0.3 is 6.18 Å². The fraction of sp³-hybridized carbons (Fsp3) is 0.318. The molecule has 1 fully saturated rings. The molecule has 0 saturated heterocycles. The van der Waals surface area contributed by atoms with Gasteiger partial charge in [0.25, 0.3) is 11.8 Å². The Morgan fingerprint density at radius 2 is 1.76 bits per heavy atom. The van der Waals surface area contributed by atoms with Gasteiger partial charge in [0.2, 0.25) is 5.91 Å². The lowest BCUT2D eigenvalue weighted by atomic mass is 10.1. The van der Waals surface area contributed by atoms with Crippen LogP contribution in [0.5, 0.6) is 0 Å². The number of ether oxygens (including phenoxy) is 1. The Hall–Kier alpha value is -2.67. The Balaban J connectivity index is 1.74. The van der Waals surface area contributed by atoms with E-state index in [1.165, 1.54) is 18.2 Å². The Bertz CT molecular complexity index is 1240. The molecule has 1 aliphatic rings. The van der Waals surface area contributed by atoms with Gasteiger partial charge in [-0.1, -0.05) is 11.6 Å². The summed E-state index contributed by atoms with van der Waals surface area (Å²) in [5.74, 6) is -6.03. The molecule has 0 radical (unpaired) electrons. The molecule has 1 aliphatic carbocycles. The first kappa shape index (κ1) is 28.9. The van der Waals surface area contributed by atoms with Crippen LogP contribution >= 0.6 is 34.8 Å². The summed E-state index contributed by atoms with van der Waals surface area (Å²) in [6, 6.07) is 5.47. The Kier molecular flexibility index (Phi) is 8.57. The molecule has 7 nitrogen and oxygen atoms in total. The molecule has 37 heavy (non-hydrogen) atoms. The number of benzene rings is 2. The van der Waals surface area contributed by atoms with Crippen molar-refractivity contribution in [3.8, 4) is 0 Å². The normalized spacial score (nSPS) is 17.1. The molecular formula is C22H17Cl3F5N3O4. The number of carbonyl (C=O) groups is 3. The first-order valence-corrected chi connectivity index (χ1v) is 11.5. The van der Waals surface area contributed by atoms with Gasteiger partial charge in [0.05, 0.1) is 22.2 Å². The Morgan fingerprint density at radius 3 is 2.35 bits per heavy atom. The zero-order valence-electron chi connectivity index (χ0n) is 18.6. The van der Waals surface area contributed by atoms with Crippen molar-refractivity contribution in [3.63, 3.8) is 0 Å². The van der Waals surface area contributed by atoms with Crippen LogP contribution in [-0.4, -0.2) is 40.9 Å². The van der Waals surface area contributed by atoms with E-state index in [2.05, 4.69) is 15.4 Å². The maximum atomic E-state index is 14.9. The molecular weight excluding hydrogens is 572 g/mol. The minimum atomic E-state index is -4.71. The van der Waals surface area contributed by atoms with Gasteiger partial charge in [0.1, 0.15) is 28.5 Å². The van der Waals surface area contributed by atoms with Crippen molar-refractivity contribution in [3.05, 3.63) is 52.6 Å². The molecule has 2 aromatic carbocycles. The molecule has 0 spiro atoms. The number of amides is 3. The number of nitrogens with one attached hydrogen (secondary N) is 3. The number of anilines is 3. The van der Waals surface area contributed by atoms with Gasteiger partial charge in [0, 0.05) is 5.69 Å². The molecule has 3 rings (SSSR count). The minimum absolute atomic E-state index is 0.0716. The quantitative estimate of drug-likeness (QED) is 0.264. The zero-order valence-corrected chi connectivity index (χ0v) is 20.9. The topological polar surface area (TPSA) is 96.5 Å². The largest absolute Gasteiger partial charge is 0.411 e. The molecule has 0 bridgehead atoms. The Morgan fingerprint density at radius 1 is 1.11 bits per heavy atom. The minimum Gasteiger partial charge on any atom is -0.359 e. The lowest BCUT2D eigenvalue weighted by Gasteiger charge is -2.16. The number of rotatable bonds is 8. The molecule has 0 aliphatic heterocycles. The van der Waals surface area contributed by atoms with Gasteiger partial charge in [-0.2, -0.15) is 13.2 Å². The fourth-order valence-electron chi connectivity index (χ4n) is 2.98. The van der Waals surface area contributed by atoms with Crippen molar-refractivity contribution in [2.75, 3.05) is 22.6 Å². The number of alkyl halides is 5. The van der Waals surface area contributed by atoms with Crippen LogP contribution in [0.3, 0.4) is 0 Å². The van der Waals surface area contributed by atoms with E-state index in [0.29, 0.717) is 6.07 Å². The second kappa shape index (κ2) is 11.0. The standard InChI is InChI=1S/C22H17Cl3F5N3O4/c1-9(37-8-22(28,29)30)18(34)33-17-14(26)4-5-15(16(17)27)32-19(35)11-6-10(2-3-13(11)23)31-20(36)12-7-21(12,24)25/h2-6,9,12H,7-8H2,1H3,(H,31,36)(H,32,35)(H,33,34). The molecule has 2 atom stereocenters. The second-order valence-electron chi connectivity index (χ2n) is 8.00. The highest BCUT2D eigenvalue weighted by atomic mass is 35.5. The zero-order chi connectivity index (χ0) is 27.7. The third-order valence-corrected chi connectivity index (χ3v) is 6.24. The van der Waals surface area contributed by atoms with Gasteiger partial charge in [-0.15, -0.1) is 23.2 Å². The molecule has 0 heterocycles. The third-order valence-electron chi connectivity index (χ3n) is 5.07. The van der Waals surface area contributed by atoms with Crippen LogP contribution in [0.4, 0.5) is 39.0 Å². The summed E-state index contributed by atoms with van der Waals surface area (Å²) < 4.78 is 69.1. The summed E-state index contributed by atoms with van der Waals surface area (Å²) in [6.45, 7) is -0.790. The summed E-state index contributed by atoms with van der Waals surface area (Å²) in [4.78, 5) is 37.0. The SMILES string of the molecule is CC(OCC(F)(F)F)C(=O)Nc1c(F)ccc(NC(=O)c2cc(NC(=O)C3CC3(Cl)Cl)ccc2Cl)c1F. The van der Waals surface area contributed by atoms with E-state index in [-0.39, 0.29) is 22.7 Å². The summed E-state index contributed by atoms with van der Waals surface area (Å²) in [5, 5.41) is 6.42. The number of halogens is 8. The lowest BCUT2D eigenvalue weighted by Crippen LogP contribution is -2.32. The van der Waals surface area contributed by atoms with E-state index in [1.807, 2.05) is 0 Å². The number of carbonyl (C=O) groups excluding carboxylic acids is 3. The van der Waals surface area contributed by atoms with Crippen LogP contribution in [0.2, 0.25) is 5.02 Å². The third kappa shape index (κ3) is 7.44. The van der Waals surface area contributed by atoms with Crippen molar-refractivity contribution >= 4 is 69.6 Å². The highest BCUT2D eigenvalue weighted by Gasteiger charge is 2.56. The van der Waals surface area contributed by atoms with E-state index < -0.39 is 69.9 Å². The van der Waals surface area contributed by atoms with Crippen molar-refractivity contribution in [2.24, 2.45) is 5.92 Å². The maximum Gasteiger partial charge on any atom is 0.411 e. The van der Waals surface area contributed by atoms with Crippen LogP contribution in [0.1, 0.15) is 23.7 Å². The summed E-state index contributed by atoms with van der Waals surface area (Å²) in [5.41, 5.74) is -1.63. The molecule has 0 aromatic heterocycles. The number of hydrogen-bond acceptors (Lipinski definition) is 4. The average molecular weight is 589 g/mol. The van der Waals surface area contributed by atoms with Crippen LogP contribution in [0, 0.1) is 17.6 Å². The van der Waals surface area contributed by atoms with Crippen LogP contribution in [0.15, 0.2) is 30.3 Å². The average Bonchev–Trinajstić information content (AvgIpc) is 3.45. The monoisotopic (exact) mass is 587 g/mol. The van der Waals surface area contributed by atoms with Gasteiger partial charge in [-0.3, -0.25) is 14.4 Å². The number of hydrogen-bond donors (Lipinski definition) is 3. The van der Waals surface area contributed by atoms with Gasteiger partial charge in [-0.05, 0) is 43.7 Å². The summed E-state index contributed by atoms with van der Waals surface area (Å²) in [6.07, 6.45) is -6.17.